The second-order valence-electron chi connectivity index (χ2n) is 4.51. The van der Waals surface area contributed by atoms with E-state index in [0.717, 1.165) is 5.69 Å². The average Bonchev–Trinajstić information content (AvgIpc) is 2.48. The highest BCUT2D eigenvalue weighted by Gasteiger charge is 2.11. The molecule has 2 aromatic rings. The van der Waals surface area contributed by atoms with Gasteiger partial charge in [-0.1, -0.05) is 24.3 Å². The Kier molecular flexibility index (Phi) is 4.50. The van der Waals surface area contributed by atoms with Gasteiger partial charge < -0.3 is 11.1 Å². The number of nitrogens with zero attached hydrogens (tertiary/aromatic N) is 1. The van der Waals surface area contributed by atoms with Gasteiger partial charge in [0, 0.05) is 29.4 Å². The van der Waals surface area contributed by atoms with Crippen molar-refractivity contribution in [2.45, 2.75) is 6.42 Å². The van der Waals surface area contributed by atoms with Crippen molar-refractivity contribution in [1.29, 1.82) is 0 Å². The molecule has 108 valence electrons. The summed E-state index contributed by atoms with van der Waals surface area (Å²) in [6.45, 7) is 0.521. The number of nitro benzene ring substituents is 1. The third-order valence-electron chi connectivity index (χ3n) is 3.06. The van der Waals surface area contributed by atoms with E-state index in [0.29, 0.717) is 24.1 Å². The molecule has 0 aliphatic rings. The summed E-state index contributed by atoms with van der Waals surface area (Å²) >= 11 is 0. The smallest absolute Gasteiger partial charge is 0.272 e. The number of para-hydroxylation sites is 1. The summed E-state index contributed by atoms with van der Waals surface area (Å²) < 4.78 is 0. The van der Waals surface area contributed by atoms with Crippen LogP contribution in [0.15, 0.2) is 48.5 Å². The highest BCUT2D eigenvalue weighted by molar-refractivity contribution is 5.93. The fourth-order valence-electron chi connectivity index (χ4n) is 2.02. The van der Waals surface area contributed by atoms with E-state index in [9.17, 15) is 14.9 Å². The van der Waals surface area contributed by atoms with Crippen LogP contribution in [0.3, 0.4) is 0 Å². The Morgan fingerprint density at radius 3 is 2.67 bits per heavy atom. The van der Waals surface area contributed by atoms with Gasteiger partial charge in [0.05, 0.1) is 4.92 Å². The topological polar surface area (TPSA) is 98.3 Å². The molecule has 2 aromatic carbocycles. The van der Waals surface area contributed by atoms with E-state index in [1.54, 1.807) is 36.4 Å². The highest BCUT2D eigenvalue weighted by atomic mass is 16.6. The summed E-state index contributed by atoms with van der Waals surface area (Å²) in [5.74, 6) is -0.489. The van der Waals surface area contributed by atoms with E-state index in [1.165, 1.54) is 6.07 Å². The number of carbonyl (C=O) groups is 1. The van der Waals surface area contributed by atoms with Gasteiger partial charge in [0.25, 0.3) is 5.69 Å². The second-order valence-corrected chi connectivity index (χ2v) is 4.51. The number of primary amides is 1. The first-order valence-electron chi connectivity index (χ1n) is 6.44. The van der Waals surface area contributed by atoms with Crippen LogP contribution in [0.5, 0.6) is 0 Å². The average molecular weight is 285 g/mol. The molecule has 0 saturated heterocycles. The standard InChI is InChI=1S/C15H15N3O3/c16-15(19)12-5-3-6-13(10-12)17-9-8-11-4-1-2-7-14(11)18(20)21/h1-7,10,17H,8-9H2,(H2,16,19). The largest absolute Gasteiger partial charge is 0.385 e. The Morgan fingerprint density at radius 2 is 1.95 bits per heavy atom. The van der Waals surface area contributed by atoms with Gasteiger partial charge in [0.2, 0.25) is 5.91 Å². The quantitative estimate of drug-likeness (QED) is 0.628. The lowest BCUT2D eigenvalue weighted by Crippen LogP contribution is -2.12. The number of nitro groups is 1. The molecule has 0 aliphatic carbocycles. The van der Waals surface area contributed by atoms with E-state index >= 15 is 0 Å². The lowest BCUT2D eigenvalue weighted by atomic mass is 10.1. The minimum atomic E-state index is -0.489. The van der Waals surface area contributed by atoms with E-state index < -0.39 is 5.91 Å². The maximum absolute atomic E-state index is 11.1. The van der Waals surface area contributed by atoms with Gasteiger partial charge in [-0.3, -0.25) is 14.9 Å². The SMILES string of the molecule is NC(=O)c1cccc(NCCc2ccccc2[N+](=O)[O-])c1. The lowest BCUT2D eigenvalue weighted by Gasteiger charge is -2.07. The molecule has 6 nitrogen and oxygen atoms in total. The minimum Gasteiger partial charge on any atom is -0.385 e. The van der Waals surface area contributed by atoms with Crippen molar-refractivity contribution in [3.63, 3.8) is 0 Å². The van der Waals surface area contributed by atoms with Crippen LogP contribution < -0.4 is 11.1 Å². The number of carbonyl (C=O) groups excluding carboxylic acids is 1. The van der Waals surface area contributed by atoms with Gasteiger partial charge >= 0.3 is 0 Å². The second kappa shape index (κ2) is 6.51. The molecule has 0 fully saturated rings. The summed E-state index contributed by atoms with van der Waals surface area (Å²) in [6.07, 6.45) is 0.512. The van der Waals surface area contributed by atoms with Crippen molar-refractivity contribution in [2.75, 3.05) is 11.9 Å². The van der Waals surface area contributed by atoms with Crippen LogP contribution in [-0.2, 0) is 6.42 Å². The molecule has 0 bridgehead atoms. The van der Waals surface area contributed by atoms with Crippen LogP contribution >= 0.6 is 0 Å². The summed E-state index contributed by atoms with van der Waals surface area (Å²) in [7, 11) is 0. The van der Waals surface area contributed by atoms with Crippen molar-refractivity contribution >= 4 is 17.3 Å². The van der Waals surface area contributed by atoms with Gasteiger partial charge in [0.15, 0.2) is 0 Å². The molecule has 0 aliphatic heterocycles. The molecule has 0 unspecified atom stereocenters. The number of hydrogen-bond acceptors (Lipinski definition) is 4. The molecule has 0 aromatic heterocycles. The summed E-state index contributed by atoms with van der Waals surface area (Å²) in [6, 6.07) is 13.5. The molecule has 0 spiro atoms. The predicted molar refractivity (Wildman–Crippen MR) is 80.3 cm³/mol. The van der Waals surface area contributed by atoms with Crippen molar-refractivity contribution in [3.8, 4) is 0 Å². The Balaban J connectivity index is 2.00. The molecule has 0 saturated carbocycles. The zero-order valence-electron chi connectivity index (χ0n) is 11.3. The first kappa shape index (κ1) is 14.5. The Hall–Kier alpha value is -2.89. The number of benzene rings is 2. The maximum Gasteiger partial charge on any atom is 0.272 e. The predicted octanol–water partition coefficient (Wildman–Crippen LogP) is 2.35. The Labute approximate surface area is 121 Å². The number of amides is 1. The number of nitrogens with two attached hydrogens (primary N) is 1. The first-order valence-corrected chi connectivity index (χ1v) is 6.44. The van der Waals surface area contributed by atoms with Gasteiger partial charge in [-0.05, 0) is 24.6 Å². The highest BCUT2D eigenvalue weighted by Crippen LogP contribution is 2.18. The number of hydrogen-bond donors (Lipinski definition) is 2. The number of rotatable bonds is 6. The van der Waals surface area contributed by atoms with Crippen molar-refractivity contribution < 1.29 is 9.72 Å². The minimum absolute atomic E-state index is 0.116. The third-order valence-corrected chi connectivity index (χ3v) is 3.06. The zero-order valence-corrected chi connectivity index (χ0v) is 11.3. The van der Waals surface area contributed by atoms with Gasteiger partial charge in [-0.2, -0.15) is 0 Å². The van der Waals surface area contributed by atoms with Crippen LogP contribution in [0.1, 0.15) is 15.9 Å². The van der Waals surface area contributed by atoms with Gasteiger partial charge in [0.1, 0.15) is 0 Å². The fourth-order valence-corrected chi connectivity index (χ4v) is 2.02. The maximum atomic E-state index is 11.1. The molecule has 1 amide bonds. The molecule has 6 heteroatoms. The molecular formula is C15H15N3O3. The van der Waals surface area contributed by atoms with Crippen molar-refractivity contribution in [3.05, 3.63) is 69.8 Å². The molecule has 0 radical (unpaired) electrons. The Morgan fingerprint density at radius 1 is 1.19 bits per heavy atom. The van der Waals surface area contributed by atoms with Crippen LogP contribution in [0.25, 0.3) is 0 Å². The molecule has 0 atom stereocenters. The number of anilines is 1. The summed E-state index contributed by atoms with van der Waals surface area (Å²) in [4.78, 5) is 21.6. The van der Waals surface area contributed by atoms with Crippen LogP contribution in [-0.4, -0.2) is 17.4 Å². The normalized spacial score (nSPS) is 10.1. The van der Waals surface area contributed by atoms with E-state index in [-0.39, 0.29) is 10.6 Å². The van der Waals surface area contributed by atoms with Crippen LogP contribution in [0.2, 0.25) is 0 Å². The van der Waals surface area contributed by atoms with Crippen molar-refractivity contribution in [2.24, 2.45) is 5.73 Å². The molecular weight excluding hydrogens is 270 g/mol. The van der Waals surface area contributed by atoms with Crippen LogP contribution in [0, 0.1) is 10.1 Å². The van der Waals surface area contributed by atoms with E-state index in [4.69, 9.17) is 5.73 Å². The summed E-state index contributed by atoms with van der Waals surface area (Å²) in [5, 5.41) is 14.0. The summed E-state index contributed by atoms with van der Waals surface area (Å²) in [5.41, 5.74) is 7.17. The van der Waals surface area contributed by atoms with E-state index in [1.807, 2.05) is 6.07 Å². The lowest BCUT2D eigenvalue weighted by molar-refractivity contribution is -0.385. The third kappa shape index (κ3) is 3.79. The van der Waals surface area contributed by atoms with Gasteiger partial charge in [-0.25, -0.2) is 0 Å². The zero-order chi connectivity index (χ0) is 15.2. The van der Waals surface area contributed by atoms with Gasteiger partial charge in [-0.15, -0.1) is 0 Å². The first-order chi connectivity index (χ1) is 10.1. The fraction of sp³-hybridized carbons (Fsp3) is 0.133. The molecule has 0 heterocycles. The van der Waals surface area contributed by atoms with Crippen molar-refractivity contribution in [1.82, 2.24) is 0 Å². The molecule has 2 rings (SSSR count). The van der Waals surface area contributed by atoms with E-state index in [2.05, 4.69) is 5.32 Å². The molecule has 3 N–H and O–H groups in total. The Bertz CT molecular complexity index is 671. The number of nitrogens with one attached hydrogen (secondary N) is 1. The molecule has 21 heavy (non-hydrogen) atoms. The monoisotopic (exact) mass is 285 g/mol. The van der Waals surface area contributed by atoms with Crippen LogP contribution in [0.4, 0.5) is 11.4 Å².